The number of piperidine rings is 1. The highest BCUT2D eigenvalue weighted by Gasteiger charge is 2.53. The van der Waals surface area contributed by atoms with Crippen LogP contribution < -0.4 is 46.7 Å². The Morgan fingerprint density at radius 3 is 2.55 bits per heavy atom. The number of ether oxygens (including phenoxy) is 3. The maximum atomic E-state index is 16.5. The first-order valence-corrected chi connectivity index (χ1v) is 25.2. The lowest BCUT2D eigenvalue weighted by atomic mass is 9.77. The van der Waals surface area contributed by atoms with Gasteiger partial charge in [-0.1, -0.05) is 19.9 Å². The topological polar surface area (TPSA) is 163 Å². The first-order valence-electron chi connectivity index (χ1n) is 24.3. The van der Waals surface area contributed by atoms with Crippen LogP contribution in [0.15, 0.2) is 41.4 Å². The maximum absolute atomic E-state index is 16.5. The van der Waals surface area contributed by atoms with Crippen LogP contribution in [0.4, 0.5) is 10.1 Å². The van der Waals surface area contributed by atoms with Gasteiger partial charge in [0.25, 0.3) is 0 Å². The molecule has 0 aromatic heterocycles. The third kappa shape index (κ3) is 9.24. The summed E-state index contributed by atoms with van der Waals surface area (Å²) in [4.78, 5) is 26.3. The second-order valence-electron chi connectivity index (χ2n) is 20.0. The predicted molar refractivity (Wildman–Crippen MR) is 250 cm³/mol. The van der Waals surface area contributed by atoms with Crippen molar-refractivity contribution in [2.24, 2.45) is 22.2 Å². The predicted octanol–water partition coefficient (Wildman–Crippen LogP) is 4.39. The van der Waals surface area contributed by atoms with Gasteiger partial charge >= 0.3 is 0 Å². The number of rotatable bonds is 10. The summed E-state index contributed by atoms with van der Waals surface area (Å²) in [6, 6.07) is 13.2. The van der Waals surface area contributed by atoms with Crippen molar-refractivity contribution in [2.75, 3.05) is 51.3 Å². The van der Waals surface area contributed by atoms with Crippen molar-refractivity contribution in [3.63, 3.8) is 0 Å². The van der Waals surface area contributed by atoms with Crippen LogP contribution in [0.1, 0.15) is 96.1 Å². The van der Waals surface area contributed by atoms with Crippen LogP contribution in [0, 0.1) is 34.4 Å². The van der Waals surface area contributed by atoms with E-state index in [4.69, 9.17) is 19.2 Å². The minimum atomic E-state index is -0.270. The average molecular weight is 914 g/mol. The van der Waals surface area contributed by atoms with Gasteiger partial charge in [-0.05, 0) is 106 Å². The third-order valence-electron chi connectivity index (χ3n) is 16.1. The molecule has 2 aromatic rings. The maximum Gasteiger partial charge on any atom is 0.238 e. The van der Waals surface area contributed by atoms with Gasteiger partial charge in [-0.3, -0.25) is 24.9 Å². The molecule has 0 bridgehead atoms. The summed E-state index contributed by atoms with van der Waals surface area (Å²) in [5, 5.41) is 16.8. The van der Waals surface area contributed by atoms with Crippen molar-refractivity contribution in [2.45, 2.75) is 145 Å². The number of thioether (sulfide) groups is 1. The lowest BCUT2D eigenvalue weighted by molar-refractivity contribution is -0.125. The minimum absolute atomic E-state index is 0.0221. The van der Waals surface area contributed by atoms with Gasteiger partial charge in [0.2, 0.25) is 5.91 Å². The number of carbonyl (C=O) groups excluding carboxylic acids is 1. The number of hydrazine groups is 2. The van der Waals surface area contributed by atoms with Crippen LogP contribution in [0.2, 0.25) is 0 Å². The van der Waals surface area contributed by atoms with Crippen LogP contribution in [0.3, 0.4) is 0 Å². The number of methoxy groups -OCH3 is 1. The number of nitriles is 1. The molecular formula is C48H68FN11O4S. The molecule has 10 rings (SSSR count). The van der Waals surface area contributed by atoms with Gasteiger partial charge in [0.05, 0.1) is 61.0 Å². The Labute approximate surface area is 387 Å². The number of nitrogens with zero attached hydrogens (tertiary/aromatic N) is 5. The van der Waals surface area contributed by atoms with Gasteiger partial charge in [-0.25, -0.2) is 26.1 Å². The molecule has 10 atom stereocenters. The number of anilines is 1. The van der Waals surface area contributed by atoms with E-state index in [1.54, 1.807) is 25.3 Å². The number of aliphatic imine (C=N–C) groups is 1. The fraction of sp³-hybridized carbons (Fsp3) is 0.688. The SMILES string of the molecule is COc1cc(OC2CCC(NC(=O)C3CCC(N4CCC5(CCN(c6ccc(C7=NC(CC8NCCO8)C8NNC(C)N8C8SC(C)C(C)C78)cc6F)CC5)C4)NN3)CC2)ccc1C#N. The Balaban J connectivity index is 0.709. The zero-order valence-electron chi connectivity index (χ0n) is 38.4. The molecule has 65 heavy (non-hydrogen) atoms. The van der Waals surface area contributed by atoms with E-state index in [9.17, 15) is 10.1 Å². The monoisotopic (exact) mass is 914 g/mol. The van der Waals surface area contributed by atoms with Crippen molar-refractivity contribution < 1.29 is 23.4 Å². The molecule has 15 nitrogen and oxygen atoms in total. The van der Waals surface area contributed by atoms with Crippen molar-refractivity contribution >= 4 is 29.1 Å². The quantitative estimate of drug-likeness (QED) is 0.199. The summed E-state index contributed by atoms with van der Waals surface area (Å²) < 4.78 is 34.1. The number of amides is 1. The molecule has 1 aliphatic carbocycles. The highest BCUT2D eigenvalue weighted by molar-refractivity contribution is 8.00. The molecule has 17 heteroatoms. The zero-order valence-corrected chi connectivity index (χ0v) is 39.2. The molecule has 6 N–H and O–H groups in total. The zero-order chi connectivity index (χ0) is 44.8. The summed E-state index contributed by atoms with van der Waals surface area (Å²) in [6.07, 6.45) is 9.41. The number of benzene rings is 2. The summed E-state index contributed by atoms with van der Waals surface area (Å²) >= 11 is 2.03. The molecule has 352 valence electrons. The second-order valence-corrected chi connectivity index (χ2v) is 21.5. The summed E-state index contributed by atoms with van der Waals surface area (Å²) in [5.41, 5.74) is 17.3. The first kappa shape index (κ1) is 45.2. The van der Waals surface area contributed by atoms with Gasteiger partial charge < -0.3 is 24.4 Å². The molecule has 1 amide bonds. The molecule has 2 aromatic carbocycles. The number of nitrogens with one attached hydrogen (secondary N) is 6. The van der Waals surface area contributed by atoms with E-state index >= 15 is 4.39 Å². The number of hydrogen-bond acceptors (Lipinski definition) is 15. The van der Waals surface area contributed by atoms with Gasteiger partial charge in [0.1, 0.15) is 35.7 Å². The Bertz CT molecular complexity index is 2100. The first-order chi connectivity index (χ1) is 31.6. The van der Waals surface area contributed by atoms with Crippen LogP contribution in [0.5, 0.6) is 11.5 Å². The molecule has 8 aliphatic rings. The van der Waals surface area contributed by atoms with Crippen LogP contribution in [-0.2, 0) is 9.53 Å². The van der Waals surface area contributed by atoms with E-state index < -0.39 is 0 Å². The van der Waals surface area contributed by atoms with Crippen LogP contribution in [0.25, 0.3) is 0 Å². The van der Waals surface area contributed by atoms with E-state index in [2.05, 4.69) is 79.9 Å². The van der Waals surface area contributed by atoms with Crippen LogP contribution >= 0.6 is 11.8 Å². The van der Waals surface area contributed by atoms with E-state index in [1.807, 2.05) is 23.9 Å². The van der Waals surface area contributed by atoms with Crippen molar-refractivity contribution in [3.05, 3.63) is 53.3 Å². The molecule has 7 fully saturated rings. The van der Waals surface area contributed by atoms with Gasteiger partial charge in [-0.15, -0.1) is 11.8 Å². The summed E-state index contributed by atoms with van der Waals surface area (Å²) in [6.45, 7) is 12.2. The minimum Gasteiger partial charge on any atom is -0.495 e. The fourth-order valence-electron chi connectivity index (χ4n) is 12.1. The molecule has 7 heterocycles. The lowest BCUT2D eigenvalue weighted by Gasteiger charge is -2.42. The Hall–Kier alpha value is -3.57. The Kier molecular flexibility index (Phi) is 13.4. The highest BCUT2D eigenvalue weighted by atomic mass is 32.2. The van der Waals surface area contributed by atoms with Gasteiger partial charge in [0.15, 0.2) is 0 Å². The molecule has 1 spiro atoms. The van der Waals surface area contributed by atoms with E-state index in [-0.39, 0.29) is 77.4 Å². The Morgan fingerprint density at radius 1 is 1.02 bits per heavy atom. The standard InChI is InChI=1S/C48H68FN11O4S/c1-28-29(2)65-47-43(28)44(53-38(25-42-51-18-22-63-42)45-57-54-30(3)60(45)47)31-6-13-39(36(49)23-31)58-19-15-48(16-20-58)17-21-59(27-48)41-14-12-37(55-56-41)46(61)52-33-7-10-34(11-8-33)64-35-9-5-32(26-50)40(24-35)62-4/h5-6,9,13,23-24,28-30,33-34,37-38,41-43,45,47,51,54-57H,7-8,10-12,14-22,25,27H2,1-4H3,(H,52,61). The van der Waals surface area contributed by atoms with E-state index in [1.165, 1.54) is 0 Å². The van der Waals surface area contributed by atoms with Crippen LogP contribution in [-0.4, -0.2) is 127 Å². The van der Waals surface area contributed by atoms with Crippen molar-refractivity contribution in [3.8, 4) is 17.6 Å². The molecule has 7 aliphatic heterocycles. The number of likely N-dealkylation sites (tertiary alicyclic amines) is 1. The van der Waals surface area contributed by atoms with Gasteiger partial charge in [-0.2, -0.15) is 5.26 Å². The van der Waals surface area contributed by atoms with E-state index in [0.29, 0.717) is 40.5 Å². The normalized spacial score (nSPS) is 36.1. The molecule has 0 radical (unpaired) electrons. The van der Waals surface area contributed by atoms with Crippen molar-refractivity contribution in [1.82, 2.24) is 42.1 Å². The third-order valence-corrected chi connectivity index (χ3v) is 17.8. The average Bonchev–Trinajstić information content (AvgIpc) is 4.12. The van der Waals surface area contributed by atoms with Gasteiger partial charge in [0, 0.05) is 68.1 Å². The lowest BCUT2D eigenvalue weighted by Crippen LogP contribution is -2.62. The van der Waals surface area contributed by atoms with Crippen molar-refractivity contribution in [1.29, 1.82) is 5.26 Å². The van der Waals surface area contributed by atoms with E-state index in [0.717, 1.165) is 108 Å². The highest BCUT2D eigenvalue weighted by Crippen LogP contribution is 2.50. The Morgan fingerprint density at radius 2 is 1.83 bits per heavy atom. The molecule has 10 unspecified atom stereocenters. The molecule has 6 saturated heterocycles. The number of hydrogen-bond donors (Lipinski definition) is 6. The largest absolute Gasteiger partial charge is 0.495 e. The summed E-state index contributed by atoms with van der Waals surface area (Å²) in [7, 11) is 1.55. The number of halogens is 1. The smallest absolute Gasteiger partial charge is 0.238 e. The number of fused-ring (bicyclic) bond motifs is 3. The fourth-order valence-corrected chi connectivity index (χ4v) is 14.0. The second kappa shape index (κ2) is 19.2. The number of carbonyl (C=O) groups is 1. The summed E-state index contributed by atoms with van der Waals surface area (Å²) in [5.74, 6) is 1.67. The molecular weight excluding hydrogens is 846 g/mol. The molecule has 1 saturated carbocycles.